The molecule has 1 aromatic heterocycles. The van der Waals surface area contributed by atoms with Crippen molar-refractivity contribution in [3.63, 3.8) is 0 Å². The summed E-state index contributed by atoms with van der Waals surface area (Å²) in [6, 6.07) is 0. The summed E-state index contributed by atoms with van der Waals surface area (Å²) >= 11 is 0. The van der Waals surface area contributed by atoms with Crippen LogP contribution >= 0.6 is 0 Å². The van der Waals surface area contributed by atoms with E-state index in [1.807, 2.05) is 0 Å². The van der Waals surface area contributed by atoms with Gasteiger partial charge in [0.05, 0.1) is 6.20 Å². The Bertz CT molecular complexity index is 288. The number of aryl methyl sites for hydroxylation is 1. The highest BCUT2D eigenvalue weighted by atomic mass is 16.4. The SMILES string of the molecule is Cc1ncc(C=CC(=O)O)o1. The van der Waals surface area contributed by atoms with Crippen LogP contribution in [0.2, 0.25) is 0 Å². The Morgan fingerprint density at radius 3 is 3.00 bits per heavy atom. The number of aromatic nitrogens is 1. The lowest BCUT2D eigenvalue weighted by atomic mass is 10.4. The van der Waals surface area contributed by atoms with Gasteiger partial charge >= 0.3 is 5.97 Å². The van der Waals surface area contributed by atoms with Crippen LogP contribution in [-0.2, 0) is 4.79 Å². The Balaban J connectivity index is 2.71. The number of aliphatic carboxylic acids is 1. The van der Waals surface area contributed by atoms with Crippen LogP contribution in [0.4, 0.5) is 0 Å². The molecule has 0 aliphatic rings. The van der Waals surface area contributed by atoms with Gasteiger partial charge in [-0.3, -0.25) is 0 Å². The summed E-state index contributed by atoms with van der Waals surface area (Å²) in [6.45, 7) is 1.69. The summed E-state index contributed by atoms with van der Waals surface area (Å²) in [5.41, 5.74) is 0. The van der Waals surface area contributed by atoms with Crippen LogP contribution in [0.1, 0.15) is 11.7 Å². The minimum absolute atomic E-state index is 0.449. The number of hydrogen-bond donors (Lipinski definition) is 1. The van der Waals surface area contributed by atoms with E-state index in [-0.39, 0.29) is 0 Å². The average molecular weight is 153 g/mol. The molecule has 0 aromatic carbocycles. The maximum absolute atomic E-state index is 10.0. The topological polar surface area (TPSA) is 63.3 Å². The maximum atomic E-state index is 10.0. The molecule has 0 atom stereocenters. The molecule has 1 N–H and O–H groups in total. The van der Waals surface area contributed by atoms with E-state index in [0.717, 1.165) is 6.08 Å². The molecule has 0 spiro atoms. The molecule has 0 aliphatic heterocycles. The Hall–Kier alpha value is -1.58. The standard InChI is InChI=1S/C7H7NO3/c1-5-8-4-6(11-5)2-3-7(9)10/h2-4H,1H3,(H,9,10). The van der Waals surface area contributed by atoms with Crippen molar-refractivity contribution >= 4 is 12.0 Å². The van der Waals surface area contributed by atoms with Gasteiger partial charge < -0.3 is 9.52 Å². The molecule has 0 saturated carbocycles. The van der Waals surface area contributed by atoms with E-state index >= 15 is 0 Å². The fourth-order valence-electron chi connectivity index (χ4n) is 0.608. The van der Waals surface area contributed by atoms with Crippen molar-refractivity contribution in [1.29, 1.82) is 0 Å². The third kappa shape index (κ3) is 2.25. The molecule has 58 valence electrons. The summed E-state index contributed by atoms with van der Waals surface area (Å²) in [7, 11) is 0. The number of carbonyl (C=O) groups is 1. The largest absolute Gasteiger partial charge is 0.478 e. The zero-order chi connectivity index (χ0) is 8.27. The van der Waals surface area contributed by atoms with Crippen LogP contribution in [0.15, 0.2) is 16.7 Å². The van der Waals surface area contributed by atoms with Crippen molar-refractivity contribution in [1.82, 2.24) is 4.98 Å². The molecule has 1 aromatic rings. The maximum Gasteiger partial charge on any atom is 0.328 e. The third-order valence-electron chi connectivity index (χ3n) is 1.03. The lowest BCUT2D eigenvalue weighted by molar-refractivity contribution is -0.131. The number of hydrogen-bond acceptors (Lipinski definition) is 3. The monoisotopic (exact) mass is 153 g/mol. The smallest absolute Gasteiger partial charge is 0.328 e. The summed E-state index contributed by atoms with van der Waals surface area (Å²) in [5, 5.41) is 8.23. The van der Waals surface area contributed by atoms with Gasteiger partial charge in [-0.25, -0.2) is 9.78 Å². The second kappa shape index (κ2) is 3.01. The molecule has 11 heavy (non-hydrogen) atoms. The number of nitrogens with zero attached hydrogens (tertiary/aromatic N) is 1. The Labute approximate surface area is 63.2 Å². The van der Waals surface area contributed by atoms with Crippen LogP contribution in [-0.4, -0.2) is 16.1 Å². The van der Waals surface area contributed by atoms with E-state index in [2.05, 4.69) is 4.98 Å². The predicted octanol–water partition coefficient (Wildman–Crippen LogP) is 1.08. The van der Waals surface area contributed by atoms with Crippen LogP contribution < -0.4 is 0 Å². The number of carboxylic acids is 1. The van der Waals surface area contributed by atoms with Crippen molar-refractivity contribution in [2.24, 2.45) is 0 Å². The lowest BCUT2D eigenvalue weighted by Crippen LogP contribution is -1.84. The fraction of sp³-hybridized carbons (Fsp3) is 0.143. The highest BCUT2D eigenvalue weighted by Crippen LogP contribution is 2.03. The average Bonchev–Trinajstić information content (AvgIpc) is 2.31. The van der Waals surface area contributed by atoms with E-state index < -0.39 is 5.97 Å². The van der Waals surface area contributed by atoms with Gasteiger partial charge in [0.15, 0.2) is 5.89 Å². The third-order valence-corrected chi connectivity index (χ3v) is 1.03. The highest BCUT2D eigenvalue weighted by Gasteiger charge is 1.94. The molecule has 0 unspecified atom stereocenters. The van der Waals surface area contributed by atoms with Gasteiger partial charge in [-0.15, -0.1) is 0 Å². The Morgan fingerprint density at radius 1 is 1.82 bits per heavy atom. The van der Waals surface area contributed by atoms with Gasteiger partial charge in [-0.2, -0.15) is 0 Å². The molecule has 4 heteroatoms. The van der Waals surface area contributed by atoms with Gasteiger partial charge in [0.2, 0.25) is 0 Å². The summed E-state index contributed by atoms with van der Waals surface area (Å²) in [5.74, 6) is -0.0287. The molecule has 0 fully saturated rings. The lowest BCUT2D eigenvalue weighted by Gasteiger charge is -1.80. The van der Waals surface area contributed by atoms with Gasteiger partial charge in [-0.1, -0.05) is 0 Å². The van der Waals surface area contributed by atoms with E-state index in [1.165, 1.54) is 12.3 Å². The van der Waals surface area contributed by atoms with Crippen LogP contribution in [0.5, 0.6) is 0 Å². The van der Waals surface area contributed by atoms with Crippen molar-refractivity contribution in [2.75, 3.05) is 0 Å². The van der Waals surface area contributed by atoms with Crippen LogP contribution in [0.3, 0.4) is 0 Å². The quantitative estimate of drug-likeness (QED) is 0.645. The highest BCUT2D eigenvalue weighted by molar-refractivity contribution is 5.84. The number of oxazole rings is 1. The van der Waals surface area contributed by atoms with E-state index in [1.54, 1.807) is 6.92 Å². The molecular weight excluding hydrogens is 146 g/mol. The molecular formula is C7H7NO3. The second-order valence-electron chi connectivity index (χ2n) is 1.95. The first-order valence-electron chi connectivity index (χ1n) is 3.02. The molecule has 0 bridgehead atoms. The van der Waals surface area contributed by atoms with Gasteiger partial charge in [0.25, 0.3) is 0 Å². The molecule has 0 saturated heterocycles. The minimum atomic E-state index is -1.00. The van der Waals surface area contributed by atoms with Crippen molar-refractivity contribution in [2.45, 2.75) is 6.92 Å². The van der Waals surface area contributed by atoms with Crippen molar-refractivity contribution in [3.8, 4) is 0 Å². The van der Waals surface area contributed by atoms with E-state index in [0.29, 0.717) is 11.7 Å². The Morgan fingerprint density at radius 2 is 2.55 bits per heavy atom. The first kappa shape index (κ1) is 7.53. The second-order valence-corrected chi connectivity index (χ2v) is 1.95. The molecule has 1 rings (SSSR count). The minimum Gasteiger partial charge on any atom is -0.478 e. The normalized spacial score (nSPS) is 10.6. The number of carboxylic acid groups (broad SMARTS) is 1. The number of rotatable bonds is 2. The van der Waals surface area contributed by atoms with Gasteiger partial charge in [-0.05, 0) is 6.08 Å². The fourth-order valence-corrected chi connectivity index (χ4v) is 0.608. The summed E-state index contributed by atoms with van der Waals surface area (Å²) in [6.07, 6.45) is 3.82. The first-order chi connectivity index (χ1) is 5.18. The van der Waals surface area contributed by atoms with E-state index in [4.69, 9.17) is 9.52 Å². The zero-order valence-electron chi connectivity index (χ0n) is 5.94. The summed E-state index contributed by atoms with van der Waals surface area (Å²) < 4.78 is 4.97. The molecule has 0 aliphatic carbocycles. The molecule has 0 radical (unpaired) electrons. The first-order valence-corrected chi connectivity index (χ1v) is 3.02. The summed E-state index contributed by atoms with van der Waals surface area (Å²) in [4.78, 5) is 13.8. The van der Waals surface area contributed by atoms with Crippen LogP contribution in [0, 0.1) is 6.92 Å². The van der Waals surface area contributed by atoms with Crippen molar-refractivity contribution in [3.05, 3.63) is 23.9 Å². The van der Waals surface area contributed by atoms with E-state index in [9.17, 15) is 4.79 Å². The molecule has 0 amide bonds. The van der Waals surface area contributed by atoms with Gasteiger partial charge in [0, 0.05) is 13.0 Å². The van der Waals surface area contributed by atoms with Gasteiger partial charge in [0.1, 0.15) is 5.76 Å². The Kier molecular flexibility index (Phi) is 2.06. The van der Waals surface area contributed by atoms with Crippen LogP contribution in [0.25, 0.3) is 6.08 Å². The predicted molar refractivity (Wildman–Crippen MR) is 37.9 cm³/mol. The molecule has 1 heterocycles. The molecule has 4 nitrogen and oxygen atoms in total. The zero-order valence-corrected chi connectivity index (χ0v) is 5.94. The van der Waals surface area contributed by atoms with Crippen molar-refractivity contribution < 1.29 is 14.3 Å².